The fourth-order valence-electron chi connectivity index (χ4n) is 2.80. The summed E-state index contributed by atoms with van der Waals surface area (Å²) in [7, 11) is 0. The Hall–Kier alpha value is -3.94. The van der Waals surface area contributed by atoms with Gasteiger partial charge < -0.3 is 19.9 Å². The molecule has 140 valence electrons. The zero-order valence-electron chi connectivity index (χ0n) is 14.7. The first-order chi connectivity index (χ1) is 13.6. The van der Waals surface area contributed by atoms with Gasteiger partial charge in [0.15, 0.2) is 11.2 Å². The van der Waals surface area contributed by atoms with Crippen molar-refractivity contribution in [2.45, 2.75) is 6.42 Å². The van der Waals surface area contributed by atoms with Crippen molar-refractivity contribution in [1.82, 2.24) is 9.97 Å². The Kier molecular flexibility index (Phi) is 4.59. The Morgan fingerprint density at radius 2 is 1.82 bits per heavy atom. The molecule has 0 bridgehead atoms. The van der Waals surface area contributed by atoms with E-state index >= 15 is 0 Å². The summed E-state index contributed by atoms with van der Waals surface area (Å²) in [5.41, 5.74) is 9.14. The maximum Gasteiger partial charge on any atom is 0.519 e. The lowest BCUT2D eigenvalue weighted by Crippen LogP contribution is -2.10. The Labute approximate surface area is 159 Å². The lowest BCUT2D eigenvalue weighted by molar-refractivity contribution is 0.100. The summed E-state index contributed by atoms with van der Waals surface area (Å²) in [5.74, 6) is -0.684. The van der Waals surface area contributed by atoms with Gasteiger partial charge in [0.05, 0.1) is 5.69 Å². The molecule has 4 rings (SSSR count). The third-order valence-corrected chi connectivity index (χ3v) is 4.21. The second kappa shape index (κ2) is 7.36. The average Bonchev–Trinajstić information content (AvgIpc) is 3.07. The third-order valence-electron chi connectivity index (χ3n) is 4.21. The number of primary amides is 1. The van der Waals surface area contributed by atoms with Crippen LogP contribution in [0.2, 0.25) is 0 Å². The summed E-state index contributed by atoms with van der Waals surface area (Å²) in [6.07, 6.45) is 2.35. The standard InChI is InChI=1S/C20H16N4O4/c21-18(25)14-4-2-13(3-5-14)15-8-10-23-19(24-15)22-9-7-12-1-6-16-17(11-12)28-20(26)27-16/h1-6,8,10-11H,7,9H2,(H2,21,25)(H,22,23,24). The topological polar surface area (TPSA) is 124 Å². The molecule has 4 aromatic rings. The van der Waals surface area contributed by atoms with E-state index < -0.39 is 11.7 Å². The lowest BCUT2D eigenvalue weighted by atomic mass is 10.1. The lowest BCUT2D eigenvalue weighted by Gasteiger charge is -2.07. The number of nitrogens with zero attached hydrogens (tertiary/aromatic N) is 2. The molecule has 0 saturated heterocycles. The maximum absolute atomic E-state index is 11.2. The van der Waals surface area contributed by atoms with Gasteiger partial charge in [-0.2, -0.15) is 0 Å². The second-order valence-electron chi connectivity index (χ2n) is 6.12. The van der Waals surface area contributed by atoms with Crippen molar-refractivity contribution in [3.8, 4) is 11.3 Å². The number of aromatic nitrogens is 2. The number of anilines is 1. The number of amides is 1. The molecule has 2 aromatic carbocycles. The third kappa shape index (κ3) is 3.75. The van der Waals surface area contributed by atoms with Crippen LogP contribution in [0.5, 0.6) is 0 Å². The summed E-state index contributed by atoms with van der Waals surface area (Å²) < 4.78 is 9.85. The minimum Gasteiger partial charge on any atom is -0.391 e. The smallest absolute Gasteiger partial charge is 0.391 e. The predicted molar refractivity (Wildman–Crippen MR) is 103 cm³/mol. The predicted octanol–water partition coefficient (Wildman–Crippen LogP) is 2.60. The normalized spacial score (nSPS) is 10.9. The molecular formula is C20H16N4O4. The number of nitrogens with two attached hydrogens (primary N) is 1. The van der Waals surface area contributed by atoms with Gasteiger partial charge in [0.2, 0.25) is 11.9 Å². The fourth-order valence-corrected chi connectivity index (χ4v) is 2.80. The molecule has 0 atom stereocenters. The van der Waals surface area contributed by atoms with Gasteiger partial charge in [-0.05, 0) is 42.3 Å². The first-order valence-electron chi connectivity index (χ1n) is 8.58. The summed E-state index contributed by atoms with van der Waals surface area (Å²) in [6, 6.07) is 14.1. The van der Waals surface area contributed by atoms with Crippen LogP contribution in [0.25, 0.3) is 22.4 Å². The van der Waals surface area contributed by atoms with E-state index in [1.807, 2.05) is 6.07 Å². The number of benzene rings is 2. The minimum atomic E-state index is -0.709. The van der Waals surface area contributed by atoms with Crippen LogP contribution in [0, 0.1) is 0 Å². The molecule has 2 heterocycles. The van der Waals surface area contributed by atoms with Crippen molar-refractivity contribution in [2.24, 2.45) is 5.73 Å². The first kappa shape index (κ1) is 17.5. The van der Waals surface area contributed by atoms with E-state index in [1.165, 1.54) is 0 Å². The molecule has 0 fully saturated rings. The van der Waals surface area contributed by atoms with Gasteiger partial charge in [0.25, 0.3) is 0 Å². The molecule has 0 aliphatic carbocycles. The molecular weight excluding hydrogens is 360 g/mol. The summed E-state index contributed by atoms with van der Waals surface area (Å²) in [5, 5.41) is 3.17. The van der Waals surface area contributed by atoms with Crippen LogP contribution in [0.1, 0.15) is 15.9 Å². The highest BCUT2D eigenvalue weighted by Crippen LogP contribution is 2.19. The largest absolute Gasteiger partial charge is 0.519 e. The molecule has 1 amide bonds. The van der Waals surface area contributed by atoms with Crippen molar-refractivity contribution >= 4 is 23.0 Å². The number of hydrogen-bond acceptors (Lipinski definition) is 7. The summed E-state index contributed by atoms with van der Waals surface area (Å²) in [4.78, 5) is 31.0. The summed E-state index contributed by atoms with van der Waals surface area (Å²) in [6.45, 7) is 0.595. The Balaban J connectivity index is 1.42. The number of carbonyl (C=O) groups excluding carboxylic acids is 1. The van der Waals surface area contributed by atoms with Crippen LogP contribution in [-0.2, 0) is 6.42 Å². The van der Waals surface area contributed by atoms with Crippen LogP contribution in [0.15, 0.2) is 68.4 Å². The number of hydrogen-bond donors (Lipinski definition) is 2. The van der Waals surface area contributed by atoms with Crippen molar-refractivity contribution in [3.63, 3.8) is 0 Å². The molecule has 8 heteroatoms. The van der Waals surface area contributed by atoms with Crippen LogP contribution in [0.4, 0.5) is 5.95 Å². The molecule has 28 heavy (non-hydrogen) atoms. The zero-order chi connectivity index (χ0) is 19.5. The van der Waals surface area contributed by atoms with Crippen LogP contribution < -0.4 is 16.9 Å². The highest BCUT2D eigenvalue weighted by atomic mass is 16.6. The number of fused-ring (bicyclic) bond motifs is 1. The van der Waals surface area contributed by atoms with Gasteiger partial charge >= 0.3 is 5.82 Å². The molecule has 0 unspecified atom stereocenters. The van der Waals surface area contributed by atoms with E-state index in [0.29, 0.717) is 35.6 Å². The Morgan fingerprint density at radius 3 is 2.61 bits per heavy atom. The SMILES string of the molecule is NC(=O)c1ccc(-c2ccnc(NCCc3ccc4oc(=O)oc4c3)n2)cc1. The van der Waals surface area contributed by atoms with Crippen LogP contribution >= 0.6 is 0 Å². The van der Waals surface area contributed by atoms with Crippen molar-refractivity contribution in [2.75, 3.05) is 11.9 Å². The van der Waals surface area contributed by atoms with E-state index in [9.17, 15) is 9.59 Å². The molecule has 0 spiro atoms. The van der Waals surface area contributed by atoms with Gasteiger partial charge in [0, 0.05) is 23.9 Å². The van der Waals surface area contributed by atoms with Crippen molar-refractivity contribution in [1.29, 1.82) is 0 Å². The monoisotopic (exact) mass is 376 g/mol. The van der Waals surface area contributed by atoms with Gasteiger partial charge in [-0.3, -0.25) is 4.79 Å². The van der Waals surface area contributed by atoms with Gasteiger partial charge in [0.1, 0.15) is 0 Å². The highest BCUT2D eigenvalue weighted by Gasteiger charge is 2.06. The van der Waals surface area contributed by atoms with E-state index in [0.717, 1.165) is 16.8 Å². The average molecular weight is 376 g/mol. The Morgan fingerprint density at radius 1 is 1.04 bits per heavy atom. The van der Waals surface area contributed by atoms with Gasteiger partial charge in [-0.15, -0.1) is 0 Å². The molecule has 0 radical (unpaired) electrons. The highest BCUT2D eigenvalue weighted by molar-refractivity contribution is 5.93. The van der Waals surface area contributed by atoms with Crippen LogP contribution in [-0.4, -0.2) is 22.4 Å². The Bertz CT molecular complexity index is 1190. The number of carbonyl (C=O) groups is 1. The number of rotatable bonds is 6. The van der Waals surface area contributed by atoms with E-state index in [4.69, 9.17) is 14.6 Å². The molecule has 2 aromatic heterocycles. The second-order valence-corrected chi connectivity index (χ2v) is 6.12. The van der Waals surface area contributed by atoms with E-state index in [2.05, 4.69) is 15.3 Å². The number of nitrogens with one attached hydrogen (secondary N) is 1. The maximum atomic E-state index is 11.2. The molecule has 0 saturated carbocycles. The molecule has 0 aliphatic rings. The van der Waals surface area contributed by atoms with Crippen molar-refractivity contribution in [3.05, 3.63) is 76.5 Å². The first-order valence-corrected chi connectivity index (χ1v) is 8.58. The van der Waals surface area contributed by atoms with Crippen molar-refractivity contribution < 1.29 is 13.6 Å². The molecule has 3 N–H and O–H groups in total. The zero-order valence-corrected chi connectivity index (χ0v) is 14.7. The fraction of sp³-hybridized carbons (Fsp3) is 0.100. The van der Waals surface area contributed by atoms with E-state index in [-0.39, 0.29) is 0 Å². The molecule has 8 nitrogen and oxygen atoms in total. The van der Waals surface area contributed by atoms with Gasteiger partial charge in [-0.1, -0.05) is 18.2 Å². The quantitative estimate of drug-likeness (QED) is 0.530. The van der Waals surface area contributed by atoms with Crippen LogP contribution in [0.3, 0.4) is 0 Å². The minimum absolute atomic E-state index is 0.431. The van der Waals surface area contributed by atoms with E-state index in [1.54, 1.807) is 48.7 Å². The van der Waals surface area contributed by atoms with Gasteiger partial charge in [-0.25, -0.2) is 14.8 Å². The summed E-state index contributed by atoms with van der Waals surface area (Å²) >= 11 is 0. The molecule has 0 aliphatic heterocycles.